The van der Waals surface area contributed by atoms with Crippen LogP contribution >= 0.6 is 0 Å². The molecule has 0 aliphatic carbocycles. The van der Waals surface area contributed by atoms with Crippen molar-refractivity contribution in [2.24, 2.45) is 11.8 Å². The zero-order valence-corrected chi connectivity index (χ0v) is 41.8. The van der Waals surface area contributed by atoms with Gasteiger partial charge in [-0.05, 0) is 31.1 Å². The quantitative estimate of drug-likeness (QED) is 0.0344. The van der Waals surface area contributed by atoms with Crippen molar-refractivity contribution in [3.05, 3.63) is 0 Å². The number of unbranched alkanes of at least 4 members (excludes halogenated alkanes) is 33. The lowest BCUT2D eigenvalue weighted by Crippen LogP contribution is -2.30. The minimum absolute atomic E-state index is 0.0637. The highest BCUT2D eigenvalue weighted by Gasteiger charge is 2.19. The first-order chi connectivity index (χ1) is 29.8. The molecule has 0 aromatic heterocycles. The maximum Gasteiger partial charge on any atom is 0.306 e. The number of hydrogen-bond donors (Lipinski definition) is 0. The highest BCUT2D eigenvalue weighted by Crippen LogP contribution is 2.18. The number of esters is 3. The summed E-state index contributed by atoms with van der Waals surface area (Å²) in [5.41, 5.74) is 0. The van der Waals surface area contributed by atoms with Gasteiger partial charge in [0.05, 0.1) is 0 Å². The maximum atomic E-state index is 12.8. The average molecular weight is 863 g/mol. The topological polar surface area (TPSA) is 78.9 Å². The monoisotopic (exact) mass is 863 g/mol. The van der Waals surface area contributed by atoms with Gasteiger partial charge in [-0.1, -0.05) is 266 Å². The fourth-order valence-corrected chi connectivity index (χ4v) is 8.31. The van der Waals surface area contributed by atoms with Gasteiger partial charge in [0.2, 0.25) is 0 Å². The molecule has 0 rings (SSSR count). The van der Waals surface area contributed by atoms with E-state index in [1.807, 2.05) is 0 Å². The second kappa shape index (κ2) is 47.9. The Morgan fingerprint density at radius 1 is 0.344 bits per heavy atom. The molecule has 0 fully saturated rings. The zero-order valence-electron chi connectivity index (χ0n) is 41.8. The number of rotatable bonds is 49. The first kappa shape index (κ1) is 59.4. The van der Waals surface area contributed by atoms with Crippen LogP contribution in [0.2, 0.25) is 0 Å². The highest BCUT2D eigenvalue weighted by molar-refractivity contribution is 5.71. The molecule has 2 atom stereocenters. The second-order valence-electron chi connectivity index (χ2n) is 19.6. The standard InChI is InChI=1S/C55H106O6/c1-6-8-9-10-11-12-13-14-15-20-23-26-31-37-42-47-55(58)61-52(49-60-54(57)46-41-36-32-27-28-33-38-43-50(3)4)48-59-53(56)45-40-35-30-25-22-19-17-16-18-21-24-29-34-39-44-51(5)7-2/h50-52H,6-49H2,1-5H3/t51?,52-/m1/s1. The molecule has 0 saturated heterocycles. The van der Waals surface area contributed by atoms with Gasteiger partial charge in [-0.25, -0.2) is 0 Å². The molecule has 0 aliphatic heterocycles. The molecule has 6 heteroatoms. The van der Waals surface area contributed by atoms with Gasteiger partial charge in [0, 0.05) is 19.3 Å². The van der Waals surface area contributed by atoms with Crippen molar-refractivity contribution in [3.63, 3.8) is 0 Å². The van der Waals surface area contributed by atoms with Crippen molar-refractivity contribution in [2.75, 3.05) is 13.2 Å². The van der Waals surface area contributed by atoms with Gasteiger partial charge in [-0.2, -0.15) is 0 Å². The molecule has 0 spiro atoms. The van der Waals surface area contributed by atoms with E-state index >= 15 is 0 Å². The first-order valence-corrected chi connectivity index (χ1v) is 27.3. The van der Waals surface area contributed by atoms with E-state index in [9.17, 15) is 14.4 Å². The minimum Gasteiger partial charge on any atom is -0.462 e. The summed E-state index contributed by atoms with van der Waals surface area (Å²) in [5.74, 6) is 0.830. The summed E-state index contributed by atoms with van der Waals surface area (Å²) in [6.45, 7) is 11.4. The van der Waals surface area contributed by atoms with Gasteiger partial charge in [0.25, 0.3) is 0 Å². The minimum atomic E-state index is -0.762. The van der Waals surface area contributed by atoms with Crippen LogP contribution in [0.1, 0.15) is 304 Å². The summed E-state index contributed by atoms with van der Waals surface area (Å²) < 4.78 is 16.8. The van der Waals surface area contributed by atoms with E-state index in [1.165, 1.54) is 193 Å². The van der Waals surface area contributed by atoms with E-state index in [4.69, 9.17) is 14.2 Å². The van der Waals surface area contributed by atoms with E-state index in [-0.39, 0.29) is 31.1 Å². The fraction of sp³-hybridized carbons (Fsp3) is 0.945. The van der Waals surface area contributed by atoms with Crippen LogP contribution in [0, 0.1) is 11.8 Å². The van der Waals surface area contributed by atoms with Gasteiger partial charge >= 0.3 is 17.9 Å². The summed E-state index contributed by atoms with van der Waals surface area (Å²) in [6, 6.07) is 0. The highest BCUT2D eigenvalue weighted by atomic mass is 16.6. The Hall–Kier alpha value is -1.59. The largest absolute Gasteiger partial charge is 0.462 e. The van der Waals surface area contributed by atoms with Gasteiger partial charge in [0.15, 0.2) is 6.10 Å². The molecule has 0 radical (unpaired) electrons. The van der Waals surface area contributed by atoms with Crippen molar-refractivity contribution >= 4 is 17.9 Å². The van der Waals surface area contributed by atoms with E-state index in [0.717, 1.165) is 69.6 Å². The summed E-state index contributed by atoms with van der Waals surface area (Å²) in [5, 5.41) is 0. The van der Waals surface area contributed by atoms with Crippen LogP contribution in [-0.4, -0.2) is 37.2 Å². The lowest BCUT2D eigenvalue weighted by molar-refractivity contribution is -0.167. The Morgan fingerprint density at radius 3 is 0.934 bits per heavy atom. The summed E-state index contributed by atoms with van der Waals surface area (Å²) in [6.07, 6.45) is 49.5. The van der Waals surface area contributed by atoms with Gasteiger partial charge in [-0.3, -0.25) is 14.4 Å². The third-order valence-electron chi connectivity index (χ3n) is 12.8. The van der Waals surface area contributed by atoms with E-state index in [0.29, 0.717) is 19.3 Å². The predicted octanol–water partition coefficient (Wildman–Crippen LogP) is 17.7. The van der Waals surface area contributed by atoms with Crippen LogP contribution < -0.4 is 0 Å². The van der Waals surface area contributed by atoms with Crippen LogP contribution in [-0.2, 0) is 28.6 Å². The van der Waals surface area contributed by atoms with Crippen molar-refractivity contribution in [1.29, 1.82) is 0 Å². The molecular weight excluding hydrogens is 757 g/mol. The third kappa shape index (κ3) is 47.7. The SMILES string of the molecule is CCCCCCCCCCCCCCCCCC(=O)O[C@H](COC(=O)CCCCCCCCCCCCCCCCC(C)CC)COC(=O)CCCCCCCCCC(C)C. The van der Waals surface area contributed by atoms with Crippen LogP contribution in [0.15, 0.2) is 0 Å². The van der Waals surface area contributed by atoms with Gasteiger partial charge < -0.3 is 14.2 Å². The Morgan fingerprint density at radius 2 is 0.623 bits per heavy atom. The molecule has 0 saturated carbocycles. The molecule has 0 aromatic carbocycles. The Labute approximate surface area is 380 Å². The lowest BCUT2D eigenvalue weighted by atomic mass is 9.99. The van der Waals surface area contributed by atoms with Crippen molar-refractivity contribution in [3.8, 4) is 0 Å². The molecule has 0 aliphatic rings. The van der Waals surface area contributed by atoms with Crippen LogP contribution in [0.3, 0.4) is 0 Å². The number of ether oxygens (including phenoxy) is 3. The molecule has 362 valence electrons. The van der Waals surface area contributed by atoms with E-state index in [1.54, 1.807) is 0 Å². The van der Waals surface area contributed by atoms with Crippen molar-refractivity contribution in [2.45, 2.75) is 310 Å². The first-order valence-electron chi connectivity index (χ1n) is 27.3. The lowest BCUT2D eigenvalue weighted by Gasteiger charge is -2.18. The predicted molar refractivity (Wildman–Crippen MR) is 261 cm³/mol. The summed E-state index contributed by atoms with van der Waals surface area (Å²) >= 11 is 0. The molecular formula is C55H106O6. The Balaban J connectivity index is 4.26. The van der Waals surface area contributed by atoms with Gasteiger partial charge in [0.1, 0.15) is 13.2 Å². The van der Waals surface area contributed by atoms with Crippen molar-refractivity contribution in [1.82, 2.24) is 0 Å². The van der Waals surface area contributed by atoms with Crippen LogP contribution in [0.5, 0.6) is 0 Å². The average Bonchev–Trinajstić information content (AvgIpc) is 3.24. The molecule has 0 heterocycles. The molecule has 0 aromatic rings. The number of carbonyl (C=O) groups excluding carboxylic acids is 3. The Bertz CT molecular complexity index is 933. The molecule has 0 bridgehead atoms. The molecule has 61 heavy (non-hydrogen) atoms. The number of hydrogen-bond acceptors (Lipinski definition) is 6. The zero-order chi connectivity index (χ0) is 44.7. The molecule has 0 amide bonds. The van der Waals surface area contributed by atoms with Crippen LogP contribution in [0.4, 0.5) is 0 Å². The van der Waals surface area contributed by atoms with E-state index < -0.39 is 6.10 Å². The maximum absolute atomic E-state index is 12.8. The second-order valence-corrected chi connectivity index (χ2v) is 19.6. The molecule has 1 unspecified atom stereocenters. The number of carbonyl (C=O) groups is 3. The molecule has 6 nitrogen and oxygen atoms in total. The molecule has 0 N–H and O–H groups in total. The fourth-order valence-electron chi connectivity index (χ4n) is 8.31. The van der Waals surface area contributed by atoms with Crippen molar-refractivity contribution < 1.29 is 28.6 Å². The Kier molecular flexibility index (Phi) is 46.6. The van der Waals surface area contributed by atoms with Gasteiger partial charge in [-0.15, -0.1) is 0 Å². The summed E-state index contributed by atoms with van der Waals surface area (Å²) in [4.78, 5) is 38.0. The van der Waals surface area contributed by atoms with E-state index in [2.05, 4.69) is 34.6 Å². The normalized spacial score (nSPS) is 12.5. The smallest absolute Gasteiger partial charge is 0.306 e. The summed E-state index contributed by atoms with van der Waals surface area (Å²) in [7, 11) is 0. The van der Waals surface area contributed by atoms with Crippen LogP contribution in [0.25, 0.3) is 0 Å². The third-order valence-corrected chi connectivity index (χ3v) is 12.8.